The molecule has 1 saturated heterocycles. The minimum atomic E-state index is -0.780. The predicted molar refractivity (Wildman–Crippen MR) is 101 cm³/mol. The Labute approximate surface area is 160 Å². The molecule has 1 aromatic carbocycles. The summed E-state index contributed by atoms with van der Waals surface area (Å²) >= 11 is 0. The Balaban J connectivity index is 0.00000150. The smallest absolute Gasteiger partial charge is 0.166 e. The number of ether oxygens (including phenoxy) is 1. The van der Waals surface area contributed by atoms with E-state index >= 15 is 0 Å². The fraction of sp³-hybridized carbons (Fsp3) is 0.619. The molecule has 3 fully saturated rings. The van der Waals surface area contributed by atoms with Crippen molar-refractivity contribution in [1.29, 1.82) is 0 Å². The number of likely N-dealkylation sites (tertiary alicyclic amines) is 1. The van der Waals surface area contributed by atoms with E-state index in [2.05, 4.69) is 11.5 Å². The summed E-state index contributed by atoms with van der Waals surface area (Å²) in [5, 5.41) is 22.5. The van der Waals surface area contributed by atoms with Crippen LogP contribution in [0.4, 0.5) is 0 Å². The Hall–Kier alpha value is -1.23. The van der Waals surface area contributed by atoms with Gasteiger partial charge in [-0.15, -0.1) is 12.4 Å². The van der Waals surface area contributed by atoms with Crippen LogP contribution >= 0.6 is 12.4 Å². The molecule has 2 saturated carbocycles. The molecule has 1 spiro atoms. The molecule has 26 heavy (non-hydrogen) atoms. The highest BCUT2D eigenvalue weighted by atomic mass is 35.5. The zero-order valence-electron chi connectivity index (χ0n) is 14.9. The summed E-state index contributed by atoms with van der Waals surface area (Å²) in [4.78, 5) is 2.56. The molecular weight excluding hydrogens is 350 g/mol. The average molecular weight is 376 g/mol. The van der Waals surface area contributed by atoms with Gasteiger partial charge in [0.2, 0.25) is 0 Å². The SMILES string of the molecule is C=C1CCC2(O)[C@H]3Cc4ccc(O)c5c4[C@@]2(CCN3CC2CC2)[C@H]1O5.Cl. The van der Waals surface area contributed by atoms with E-state index in [1.165, 1.54) is 18.4 Å². The van der Waals surface area contributed by atoms with Gasteiger partial charge in [-0.05, 0) is 68.2 Å². The number of aliphatic hydroxyl groups is 1. The third-order valence-electron chi connectivity index (χ3n) is 7.71. The average Bonchev–Trinajstić information content (AvgIpc) is 3.32. The molecule has 2 N–H and O–H groups in total. The van der Waals surface area contributed by atoms with Gasteiger partial charge in [0.15, 0.2) is 11.5 Å². The number of phenolic OH excluding ortho intramolecular Hbond substituents is 1. The second kappa shape index (κ2) is 5.18. The van der Waals surface area contributed by atoms with E-state index in [1.807, 2.05) is 6.07 Å². The lowest BCUT2D eigenvalue weighted by Gasteiger charge is -2.63. The van der Waals surface area contributed by atoms with Crippen molar-refractivity contribution in [2.75, 3.05) is 13.1 Å². The maximum atomic E-state index is 12.1. The van der Waals surface area contributed by atoms with Crippen LogP contribution < -0.4 is 4.74 Å². The Morgan fingerprint density at radius 1 is 1.27 bits per heavy atom. The van der Waals surface area contributed by atoms with Crippen molar-refractivity contribution in [2.24, 2.45) is 5.92 Å². The molecule has 0 aromatic heterocycles. The highest BCUT2D eigenvalue weighted by molar-refractivity contribution is 5.85. The summed E-state index contributed by atoms with van der Waals surface area (Å²) in [7, 11) is 0. The first-order valence-electron chi connectivity index (χ1n) is 9.71. The van der Waals surface area contributed by atoms with Crippen molar-refractivity contribution < 1.29 is 14.9 Å². The molecule has 0 radical (unpaired) electrons. The van der Waals surface area contributed by atoms with Gasteiger partial charge in [-0.3, -0.25) is 4.90 Å². The molecule has 6 rings (SSSR count). The quantitative estimate of drug-likeness (QED) is 0.780. The van der Waals surface area contributed by atoms with E-state index in [-0.39, 0.29) is 30.3 Å². The third-order valence-corrected chi connectivity index (χ3v) is 7.71. The summed E-state index contributed by atoms with van der Waals surface area (Å²) in [6.45, 7) is 6.40. The molecule has 2 aliphatic heterocycles. The number of phenols is 1. The number of piperidine rings is 1. The lowest BCUT2D eigenvalue weighted by atomic mass is 9.48. The monoisotopic (exact) mass is 375 g/mol. The first kappa shape index (κ1) is 16.9. The number of rotatable bonds is 2. The van der Waals surface area contributed by atoms with E-state index in [0.29, 0.717) is 5.75 Å². The van der Waals surface area contributed by atoms with Crippen LogP contribution in [0.1, 0.15) is 43.2 Å². The number of nitrogens with zero attached hydrogens (tertiary/aromatic N) is 1. The van der Waals surface area contributed by atoms with Crippen molar-refractivity contribution in [1.82, 2.24) is 4.90 Å². The summed E-state index contributed by atoms with van der Waals surface area (Å²) in [6.07, 6.45) is 5.79. The molecule has 3 aliphatic carbocycles. The first-order valence-corrected chi connectivity index (χ1v) is 9.71. The number of aromatic hydroxyl groups is 1. The van der Waals surface area contributed by atoms with Crippen LogP contribution in [0.3, 0.4) is 0 Å². The maximum Gasteiger partial charge on any atom is 0.166 e. The van der Waals surface area contributed by atoms with Crippen LogP contribution in [-0.2, 0) is 11.8 Å². The van der Waals surface area contributed by atoms with Gasteiger partial charge in [0, 0.05) is 18.2 Å². The number of halogens is 1. The van der Waals surface area contributed by atoms with Gasteiger partial charge in [-0.25, -0.2) is 0 Å². The predicted octanol–water partition coefficient (Wildman–Crippen LogP) is 2.93. The molecule has 0 amide bonds. The largest absolute Gasteiger partial charge is 0.504 e. The Morgan fingerprint density at radius 2 is 2.08 bits per heavy atom. The zero-order valence-corrected chi connectivity index (χ0v) is 15.7. The maximum absolute atomic E-state index is 12.1. The van der Waals surface area contributed by atoms with Gasteiger partial charge in [0.05, 0.1) is 11.0 Å². The summed E-state index contributed by atoms with van der Waals surface area (Å²) in [5.74, 6) is 1.64. The van der Waals surface area contributed by atoms with Gasteiger partial charge in [0.25, 0.3) is 0 Å². The second-order valence-corrected chi connectivity index (χ2v) is 8.91. The fourth-order valence-electron chi connectivity index (χ4n) is 6.39. The fourth-order valence-corrected chi connectivity index (χ4v) is 6.39. The molecule has 1 unspecified atom stereocenters. The first-order chi connectivity index (χ1) is 12.0. The number of benzene rings is 1. The summed E-state index contributed by atoms with van der Waals surface area (Å²) < 4.78 is 6.29. The zero-order chi connectivity index (χ0) is 17.0. The van der Waals surface area contributed by atoms with E-state index in [9.17, 15) is 10.2 Å². The van der Waals surface area contributed by atoms with Crippen molar-refractivity contribution in [3.8, 4) is 11.5 Å². The highest BCUT2D eigenvalue weighted by Gasteiger charge is 2.71. The molecular formula is C21H26ClNO3. The highest BCUT2D eigenvalue weighted by Crippen LogP contribution is 2.66. The van der Waals surface area contributed by atoms with E-state index < -0.39 is 11.0 Å². The van der Waals surface area contributed by atoms with Gasteiger partial charge >= 0.3 is 0 Å². The Bertz CT molecular complexity index is 807. The van der Waals surface area contributed by atoms with Crippen molar-refractivity contribution in [2.45, 2.75) is 61.7 Å². The Morgan fingerprint density at radius 3 is 2.85 bits per heavy atom. The lowest BCUT2D eigenvalue weighted by molar-refractivity contribution is -0.174. The topological polar surface area (TPSA) is 52.9 Å². The number of hydrogen-bond donors (Lipinski definition) is 2. The van der Waals surface area contributed by atoms with Crippen molar-refractivity contribution in [3.05, 3.63) is 35.4 Å². The molecule has 4 nitrogen and oxygen atoms in total. The molecule has 1 aromatic rings. The standard InChI is InChI=1S/C21H25NO3.ClH/c1-12-6-7-21(24)16-10-14-4-5-15(23)18-17(14)20(21,19(12)25-18)8-9-22(16)11-13-2-3-13;/h4-5,13,16,19,23-24H,1-3,6-11H2;1H/t16-,19+,20+,21?;/m1./s1. The van der Waals surface area contributed by atoms with Crippen LogP contribution in [0.5, 0.6) is 11.5 Å². The van der Waals surface area contributed by atoms with Gasteiger partial charge < -0.3 is 14.9 Å². The van der Waals surface area contributed by atoms with Crippen LogP contribution in [-0.4, -0.2) is 45.9 Å². The normalized spacial score (nSPS) is 39.8. The second-order valence-electron chi connectivity index (χ2n) is 8.91. The number of hydrogen-bond acceptors (Lipinski definition) is 4. The molecule has 4 atom stereocenters. The molecule has 2 bridgehead atoms. The van der Waals surface area contributed by atoms with Gasteiger partial charge in [-0.2, -0.15) is 0 Å². The van der Waals surface area contributed by atoms with Crippen molar-refractivity contribution in [3.63, 3.8) is 0 Å². The van der Waals surface area contributed by atoms with Crippen LogP contribution in [0.2, 0.25) is 0 Å². The van der Waals surface area contributed by atoms with Gasteiger partial charge in [0.1, 0.15) is 6.10 Å². The molecule has 5 aliphatic rings. The lowest BCUT2D eigenvalue weighted by Crippen LogP contribution is -2.75. The van der Waals surface area contributed by atoms with E-state index in [1.54, 1.807) is 6.07 Å². The van der Waals surface area contributed by atoms with Crippen LogP contribution in [0, 0.1) is 5.92 Å². The summed E-state index contributed by atoms with van der Waals surface area (Å²) in [6, 6.07) is 3.96. The third kappa shape index (κ3) is 1.78. The van der Waals surface area contributed by atoms with E-state index in [4.69, 9.17) is 4.74 Å². The van der Waals surface area contributed by atoms with Crippen LogP contribution in [0.25, 0.3) is 0 Å². The Kier molecular flexibility index (Phi) is 3.37. The summed E-state index contributed by atoms with van der Waals surface area (Å²) in [5.41, 5.74) is 2.21. The minimum Gasteiger partial charge on any atom is -0.504 e. The van der Waals surface area contributed by atoms with Crippen molar-refractivity contribution >= 4 is 12.4 Å². The minimum absolute atomic E-state index is 0. The van der Waals surface area contributed by atoms with Crippen LogP contribution in [0.15, 0.2) is 24.3 Å². The molecule has 5 heteroatoms. The molecule has 2 heterocycles. The molecule has 140 valence electrons. The van der Waals surface area contributed by atoms with E-state index in [0.717, 1.165) is 55.8 Å². The van der Waals surface area contributed by atoms with Gasteiger partial charge in [-0.1, -0.05) is 12.6 Å².